The number of aryl methyl sites for hydroxylation is 1. The predicted molar refractivity (Wildman–Crippen MR) is 151 cm³/mol. The predicted octanol–water partition coefficient (Wildman–Crippen LogP) is 3.79. The van der Waals surface area contributed by atoms with Crippen LogP contribution < -0.4 is 15.2 Å². The Balaban J connectivity index is 1.36. The Kier molecular flexibility index (Phi) is 6.81. The van der Waals surface area contributed by atoms with Gasteiger partial charge in [-0.25, -0.2) is 4.68 Å². The van der Waals surface area contributed by atoms with Gasteiger partial charge >= 0.3 is 0 Å². The van der Waals surface area contributed by atoms with Gasteiger partial charge in [0.05, 0.1) is 19.2 Å². The van der Waals surface area contributed by atoms with Crippen molar-refractivity contribution < 1.29 is 4.74 Å². The van der Waals surface area contributed by atoms with Crippen molar-refractivity contribution in [1.82, 2.24) is 30.1 Å². The summed E-state index contributed by atoms with van der Waals surface area (Å²) in [5.74, 6) is 1.50. The first-order valence-corrected chi connectivity index (χ1v) is 13.2. The second-order valence-electron chi connectivity index (χ2n) is 9.90. The van der Waals surface area contributed by atoms with Gasteiger partial charge in [0, 0.05) is 37.4 Å². The van der Waals surface area contributed by atoms with Crippen molar-refractivity contribution in [2.75, 3.05) is 38.2 Å². The van der Waals surface area contributed by atoms with Gasteiger partial charge in [-0.1, -0.05) is 48.5 Å². The first kappa shape index (κ1) is 24.8. The number of rotatable bonds is 7. The molecule has 0 amide bonds. The minimum Gasteiger partial charge on any atom is -0.497 e. The van der Waals surface area contributed by atoms with E-state index < -0.39 is 6.04 Å². The zero-order valence-electron chi connectivity index (χ0n) is 22.1. The van der Waals surface area contributed by atoms with Crippen molar-refractivity contribution in [3.63, 3.8) is 0 Å². The highest BCUT2D eigenvalue weighted by Crippen LogP contribution is 2.30. The van der Waals surface area contributed by atoms with Crippen LogP contribution in [0.25, 0.3) is 10.9 Å². The Bertz CT molecular complexity index is 1620. The highest BCUT2D eigenvalue weighted by molar-refractivity contribution is 5.82. The molecule has 6 rings (SSSR count). The minimum absolute atomic E-state index is 0.117. The maximum atomic E-state index is 13.6. The van der Waals surface area contributed by atoms with E-state index in [1.807, 2.05) is 66.2 Å². The monoisotopic (exact) mass is 521 g/mol. The molecule has 1 atom stereocenters. The molecule has 2 aromatic heterocycles. The van der Waals surface area contributed by atoms with E-state index in [4.69, 9.17) is 4.74 Å². The lowest BCUT2D eigenvalue weighted by molar-refractivity contribution is 0.200. The third-order valence-corrected chi connectivity index (χ3v) is 7.51. The van der Waals surface area contributed by atoms with Gasteiger partial charge in [-0.05, 0) is 64.2 Å². The zero-order chi connectivity index (χ0) is 26.8. The van der Waals surface area contributed by atoms with Gasteiger partial charge in [0.1, 0.15) is 11.8 Å². The summed E-state index contributed by atoms with van der Waals surface area (Å²) in [4.78, 5) is 21.4. The molecule has 0 unspecified atom stereocenters. The number of ether oxygens (including phenoxy) is 1. The van der Waals surface area contributed by atoms with Crippen molar-refractivity contribution in [3.8, 4) is 5.75 Å². The lowest BCUT2D eigenvalue weighted by Crippen LogP contribution is -2.49. The molecule has 9 heteroatoms. The molecule has 1 N–H and O–H groups in total. The summed E-state index contributed by atoms with van der Waals surface area (Å²) in [6, 6.07) is 25.9. The molecular formula is C30H31N7O2. The SMILES string of the molecule is COc1ccc(N2CCN([C@@H](c3cc4cccc(C)c4[nH]c3=O)c3nnnn3Cc3ccccc3)CC2)cc1. The van der Waals surface area contributed by atoms with Gasteiger partial charge in [-0.15, -0.1) is 5.10 Å². The summed E-state index contributed by atoms with van der Waals surface area (Å²) in [7, 11) is 1.68. The van der Waals surface area contributed by atoms with Crippen LogP contribution in [0.4, 0.5) is 5.69 Å². The van der Waals surface area contributed by atoms with E-state index in [0.717, 1.165) is 59.6 Å². The summed E-state index contributed by atoms with van der Waals surface area (Å²) in [5, 5.41) is 13.9. The number of H-pyrrole nitrogens is 1. The van der Waals surface area contributed by atoms with E-state index in [-0.39, 0.29) is 5.56 Å². The molecule has 198 valence electrons. The van der Waals surface area contributed by atoms with Gasteiger partial charge in [-0.3, -0.25) is 9.69 Å². The molecule has 0 bridgehead atoms. The van der Waals surface area contributed by atoms with Crippen LogP contribution in [0, 0.1) is 6.92 Å². The van der Waals surface area contributed by atoms with E-state index in [0.29, 0.717) is 17.9 Å². The second-order valence-corrected chi connectivity index (χ2v) is 9.90. The molecular weight excluding hydrogens is 490 g/mol. The maximum Gasteiger partial charge on any atom is 0.253 e. The molecule has 3 heterocycles. The fourth-order valence-corrected chi connectivity index (χ4v) is 5.41. The highest BCUT2D eigenvalue weighted by atomic mass is 16.5. The second kappa shape index (κ2) is 10.7. The Morgan fingerprint density at radius 1 is 0.949 bits per heavy atom. The van der Waals surface area contributed by atoms with Gasteiger partial charge in [0.2, 0.25) is 0 Å². The quantitative estimate of drug-likeness (QED) is 0.348. The zero-order valence-corrected chi connectivity index (χ0v) is 22.1. The molecule has 9 nitrogen and oxygen atoms in total. The van der Waals surface area contributed by atoms with Crippen molar-refractivity contribution >= 4 is 16.6 Å². The fraction of sp³-hybridized carbons (Fsp3) is 0.267. The smallest absolute Gasteiger partial charge is 0.253 e. The molecule has 1 aliphatic rings. The first-order valence-electron chi connectivity index (χ1n) is 13.2. The summed E-state index contributed by atoms with van der Waals surface area (Å²) in [5.41, 5.74) is 4.67. The molecule has 3 aromatic carbocycles. The normalized spacial score (nSPS) is 15.0. The van der Waals surface area contributed by atoms with Gasteiger partial charge < -0.3 is 14.6 Å². The number of pyridine rings is 1. The highest BCUT2D eigenvalue weighted by Gasteiger charge is 2.33. The number of methoxy groups -OCH3 is 1. The van der Waals surface area contributed by atoms with Gasteiger partial charge in [0.25, 0.3) is 5.56 Å². The number of benzene rings is 3. The van der Waals surface area contributed by atoms with Crippen LogP contribution in [0.15, 0.2) is 83.7 Å². The number of hydrogen-bond acceptors (Lipinski definition) is 7. The average molecular weight is 522 g/mol. The van der Waals surface area contributed by atoms with Crippen LogP contribution in [-0.2, 0) is 6.54 Å². The number of nitrogens with one attached hydrogen (secondary N) is 1. The first-order chi connectivity index (χ1) is 19.1. The van der Waals surface area contributed by atoms with E-state index in [1.54, 1.807) is 7.11 Å². The lowest BCUT2D eigenvalue weighted by atomic mass is 10.0. The third-order valence-electron chi connectivity index (χ3n) is 7.51. The van der Waals surface area contributed by atoms with E-state index >= 15 is 0 Å². The van der Waals surface area contributed by atoms with E-state index in [2.05, 4.69) is 54.6 Å². The van der Waals surface area contributed by atoms with Gasteiger partial charge in [0.15, 0.2) is 5.82 Å². The van der Waals surface area contributed by atoms with Crippen molar-refractivity contribution in [3.05, 3.63) is 112 Å². The number of nitrogens with zero attached hydrogens (tertiary/aromatic N) is 6. The minimum atomic E-state index is -0.393. The number of tetrazole rings is 1. The summed E-state index contributed by atoms with van der Waals surface area (Å²) in [6.45, 7) is 5.66. The standard InChI is InChI=1S/C30H31N7O2/c1-21-7-6-10-23-19-26(30(38)31-27(21)23)28(29-32-33-34-37(29)20-22-8-4-3-5-9-22)36-17-15-35(16-18-36)24-11-13-25(39-2)14-12-24/h3-14,19,28H,15-18,20H2,1-2H3,(H,31,38)/t28-/m0/s1. The molecule has 0 saturated carbocycles. The number of aromatic nitrogens is 5. The maximum absolute atomic E-state index is 13.6. The Labute approximate surface area is 226 Å². The van der Waals surface area contributed by atoms with Crippen molar-refractivity contribution in [2.45, 2.75) is 19.5 Å². The number of aromatic amines is 1. The van der Waals surface area contributed by atoms with Crippen LogP contribution in [0.1, 0.15) is 28.6 Å². The van der Waals surface area contributed by atoms with Crippen LogP contribution in [0.2, 0.25) is 0 Å². The van der Waals surface area contributed by atoms with E-state index in [1.165, 1.54) is 0 Å². The Morgan fingerprint density at radius 2 is 1.72 bits per heavy atom. The molecule has 39 heavy (non-hydrogen) atoms. The summed E-state index contributed by atoms with van der Waals surface area (Å²) >= 11 is 0. The number of para-hydroxylation sites is 1. The number of piperazine rings is 1. The Morgan fingerprint density at radius 3 is 2.46 bits per heavy atom. The largest absolute Gasteiger partial charge is 0.497 e. The molecule has 1 saturated heterocycles. The topological polar surface area (TPSA) is 92.2 Å². The molecule has 1 fully saturated rings. The van der Waals surface area contributed by atoms with Crippen LogP contribution in [0.3, 0.4) is 0 Å². The average Bonchev–Trinajstić information content (AvgIpc) is 3.42. The number of fused-ring (bicyclic) bond motifs is 1. The lowest BCUT2D eigenvalue weighted by Gasteiger charge is -2.39. The van der Waals surface area contributed by atoms with Crippen molar-refractivity contribution in [1.29, 1.82) is 0 Å². The molecule has 0 aliphatic carbocycles. The third kappa shape index (κ3) is 5.00. The summed E-state index contributed by atoms with van der Waals surface area (Å²) in [6.07, 6.45) is 0. The molecule has 1 aliphatic heterocycles. The molecule has 0 spiro atoms. The number of anilines is 1. The van der Waals surface area contributed by atoms with Crippen molar-refractivity contribution in [2.24, 2.45) is 0 Å². The van der Waals surface area contributed by atoms with Crippen LogP contribution in [0.5, 0.6) is 5.75 Å². The van der Waals surface area contributed by atoms with Gasteiger partial charge in [-0.2, -0.15) is 0 Å². The van der Waals surface area contributed by atoms with Crippen LogP contribution in [-0.4, -0.2) is 63.4 Å². The molecule has 0 radical (unpaired) electrons. The number of hydrogen-bond donors (Lipinski definition) is 1. The van der Waals surface area contributed by atoms with E-state index in [9.17, 15) is 4.79 Å². The summed E-state index contributed by atoms with van der Waals surface area (Å²) < 4.78 is 7.13. The Hall–Kier alpha value is -4.50. The van der Waals surface area contributed by atoms with Crippen LogP contribution >= 0.6 is 0 Å². The fourth-order valence-electron chi connectivity index (χ4n) is 5.41. The molecule has 5 aromatic rings.